The van der Waals surface area contributed by atoms with Crippen LogP contribution in [-0.4, -0.2) is 11.7 Å². The highest BCUT2D eigenvalue weighted by molar-refractivity contribution is 6.42. The number of nitrogens with zero attached hydrogens (tertiary/aromatic N) is 3. The van der Waals surface area contributed by atoms with E-state index in [1.807, 2.05) is 18.2 Å². The Morgan fingerprint density at radius 1 is 0.667 bits per heavy atom. The SMILES string of the molecule is FB1n2c(c3cccc4c(-c5ccc(C(F)(F)F)cc5C(F)(F)F)ccc2c43)=Nc2ccc(-c3cccc4c3-c3ccccc3C4(C3=CC=CCC3)c3ccccc3)c[n+]21. The van der Waals surface area contributed by atoms with Gasteiger partial charge in [-0.3, -0.25) is 8.79 Å². The van der Waals surface area contributed by atoms with Gasteiger partial charge < -0.3 is 0 Å². The largest absolute Gasteiger partial charge is 0.727 e. The average molecular weight is 805 g/mol. The topological polar surface area (TPSA) is 21.2 Å². The van der Waals surface area contributed by atoms with Gasteiger partial charge in [0.25, 0.3) is 0 Å². The molecular weight excluding hydrogens is 774 g/mol. The molecule has 2 aromatic heterocycles. The van der Waals surface area contributed by atoms with Crippen LogP contribution in [0.3, 0.4) is 0 Å². The minimum Gasteiger partial charge on any atom is -0.274 e. The normalized spacial score (nSPS) is 17.0. The molecule has 1 unspecified atom stereocenters. The summed E-state index contributed by atoms with van der Waals surface area (Å²) in [5.41, 5.74) is 5.64. The molecule has 0 saturated heterocycles. The predicted octanol–water partition coefficient (Wildman–Crippen LogP) is 12.4. The molecule has 0 radical (unpaired) electrons. The van der Waals surface area contributed by atoms with Crippen molar-refractivity contribution < 1.29 is 35.1 Å². The van der Waals surface area contributed by atoms with E-state index in [2.05, 4.69) is 78.9 Å². The van der Waals surface area contributed by atoms with Crippen molar-refractivity contribution in [3.63, 3.8) is 0 Å². The lowest BCUT2D eigenvalue weighted by molar-refractivity contribution is -0.535. The molecule has 0 spiro atoms. The van der Waals surface area contributed by atoms with Crippen LogP contribution in [0.2, 0.25) is 0 Å². The second kappa shape index (κ2) is 12.9. The van der Waals surface area contributed by atoms with Gasteiger partial charge in [0.15, 0.2) is 0 Å². The van der Waals surface area contributed by atoms with Crippen molar-refractivity contribution in [2.45, 2.75) is 30.6 Å². The Kier molecular flexibility index (Phi) is 7.80. The molecule has 3 nitrogen and oxygen atoms in total. The zero-order valence-corrected chi connectivity index (χ0v) is 31.5. The third-order valence-corrected chi connectivity index (χ3v) is 12.4. The van der Waals surface area contributed by atoms with Crippen molar-refractivity contribution in [2.75, 3.05) is 0 Å². The second-order valence-electron chi connectivity index (χ2n) is 15.5. The number of allylic oxidation sites excluding steroid dienone is 4. The first-order valence-electron chi connectivity index (χ1n) is 19.5. The summed E-state index contributed by atoms with van der Waals surface area (Å²) in [6.45, 7) is 0. The molecule has 1 aliphatic heterocycles. The maximum atomic E-state index is 17.4. The van der Waals surface area contributed by atoms with Crippen LogP contribution in [0.15, 0.2) is 168 Å². The van der Waals surface area contributed by atoms with E-state index in [4.69, 9.17) is 4.99 Å². The van der Waals surface area contributed by atoms with Gasteiger partial charge in [0.05, 0.1) is 28.1 Å². The highest BCUT2D eigenvalue weighted by Crippen LogP contribution is 2.59. The van der Waals surface area contributed by atoms with Gasteiger partial charge in [-0.15, -0.1) is 0 Å². The first kappa shape index (κ1) is 36.3. The maximum absolute atomic E-state index is 17.4. The average Bonchev–Trinajstić information content (AvgIpc) is 3.75. The van der Waals surface area contributed by atoms with E-state index in [-0.39, 0.29) is 17.1 Å². The van der Waals surface area contributed by atoms with E-state index >= 15 is 4.32 Å². The van der Waals surface area contributed by atoms with E-state index in [1.165, 1.54) is 37.8 Å². The molecule has 1 atom stereocenters. The minimum absolute atomic E-state index is 0.0739. The Balaban J connectivity index is 1.08. The molecular formula is C49H30BF7N3+. The summed E-state index contributed by atoms with van der Waals surface area (Å²) in [6, 6.07) is 38.6. The van der Waals surface area contributed by atoms with Crippen LogP contribution in [-0.2, 0) is 17.8 Å². The lowest BCUT2D eigenvalue weighted by Gasteiger charge is -2.36. The van der Waals surface area contributed by atoms with Crippen LogP contribution in [0.25, 0.3) is 55.1 Å². The summed E-state index contributed by atoms with van der Waals surface area (Å²) in [5.74, 6) is 0.343. The Labute approximate surface area is 339 Å². The summed E-state index contributed by atoms with van der Waals surface area (Å²) < 4.78 is 104. The molecule has 6 aromatic carbocycles. The molecule has 0 N–H and O–H groups in total. The maximum Gasteiger partial charge on any atom is 0.727 e. The lowest BCUT2D eigenvalue weighted by Crippen LogP contribution is -2.58. The van der Waals surface area contributed by atoms with E-state index in [0.717, 1.165) is 46.7 Å². The third-order valence-electron chi connectivity index (χ3n) is 12.4. The quantitative estimate of drug-likeness (QED) is 0.125. The number of fused-ring (bicyclic) bond motifs is 7. The fourth-order valence-electron chi connectivity index (χ4n) is 9.96. The molecule has 0 bridgehead atoms. The number of benzene rings is 6. The summed E-state index contributed by atoms with van der Waals surface area (Å²) >= 11 is 0. The fourth-order valence-corrected chi connectivity index (χ4v) is 9.96. The summed E-state index contributed by atoms with van der Waals surface area (Å²) in [6.07, 6.45) is 0.103. The third kappa shape index (κ3) is 5.10. The highest BCUT2D eigenvalue weighted by Gasteiger charge is 2.48. The summed E-state index contributed by atoms with van der Waals surface area (Å²) in [7, 11) is -1.79. The zero-order chi connectivity index (χ0) is 41.1. The lowest BCUT2D eigenvalue weighted by atomic mass is 9.65. The van der Waals surface area contributed by atoms with E-state index in [1.54, 1.807) is 30.5 Å². The number of hydrogen-bond donors (Lipinski definition) is 0. The Morgan fingerprint density at radius 3 is 2.18 bits per heavy atom. The van der Waals surface area contributed by atoms with Crippen LogP contribution in [0.1, 0.15) is 40.7 Å². The highest BCUT2D eigenvalue weighted by atomic mass is 19.4. The molecule has 2 aliphatic carbocycles. The van der Waals surface area contributed by atoms with Crippen molar-refractivity contribution in [1.29, 1.82) is 0 Å². The van der Waals surface area contributed by atoms with Gasteiger partial charge in [-0.05, 0) is 98.1 Å². The molecule has 11 rings (SSSR count). The van der Waals surface area contributed by atoms with Gasteiger partial charge in [0.1, 0.15) is 0 Å². The number of halogens is 7. The van der Waals surface area contributed by atoms with Crippen LogP contribution in [0, 0.1) is 0 Å². The van der Waals surface area contributed by atoms with Crippen LogP contribution in [0.4, 0.5) is 36.5 Å². The van der Waals surface area contributed by atoms with E-state index < -0.39 is 41.7 Å². The van der Waals surface area contributed by atoms with Gasteiger partial charge in [0, 0.05) is 22.5 Å². The van der Waals surface area contributed by atoms with Gasteiger partial charge in [-0.2, -0.15) is 26.3 Å². The monoisotopic (exact) mass is 804 g/mol. The molecule has 11 heteroatoms. The van der Waals surface area contributed by atoms with Crippen LogP contribution < -0.4 is 9.97 Å². The van der Waals surface area contributed by atoms with Crippen molar-refractivity contribution in [3.05, 3.63) is 197 Å². The number of hydrogen-bond acceptors (Lipinski definition) is 1. The predicted molar refractivity (Wildman–Crippen MR) is 219 cm³/mol. The van der Waals surface area contributed by atoms with Gasteiger partial charge >= 0.3 is 25.4 Å². The summed E-state index contributed by atoms with van der Waals surface area (Å²) in [4.78, 5) is 4.91. The fraction of sp³-hybridized carbons (Fsp3) is 0.102. The molecule has 0 amide bonds. The Morgan fingerprint density at radius 2 is 1.40 bits per heavy atom. The number of aromatic nitrogens is 2. The van der Waals surface area contributed by atoms with E-state index in [0.29, 0.717) is 33.6 Å². The molecule has 0 saturated carbocycles. The number of alkyl halides is 6. The van der Waals surface area contributed by atoms with Crippen molar-refractivity contribution in [2.24, 2.45) is 4.99 Å². The standard InChI is InChI=1S/C49H30BF7N3/c51-48(52,53)32-22-23-35(41(27-32)49(54,55)56)34-24-25-42-45-36(34)17-9-18-38(45)46-58-43-26-21-29(28-59(43)50(57)60(42)46)33-16-10-20-40-44(33)37-15-7-8-19-39(37)47(40,30-11-3-1-4-12-30)31-13-5-2-6-14-31/h1-5,7-13,15-28H,6,14H2/q+1. The Bertz CT molecular complexity index is 3220. The van der Waals surface area contributed by atoms with Crippen LogP contribution in [0.5, 0.6) is 0 Å². The first-order chi connectivity index (χ1) is 29.0. The summed E-state index contributed by atoms with van der Waals surface area (Å²) in [5, 5.41) is 1.29. The zero-order valence-electron chi connectivity index (χ0n) is 31.5. The smallest absolute Gasteiger partial charge is 0.274 e. The molecule has 292 valence electrons. The van der Waals surface area contributed by atoms with Crippen LogP contribution >= 0.6 is 0 Å². The molecule has 60 heavy (non-hydrogen) atoms. The van der Waals surface area contributed by atoms with Gasteiger partial charge in [-0.25, -0.2) is 4.48 Å². The number of rotatable bonds is 4. The molecule has 0 fully saturated rings. The minimum atomic E-state index is -5.07. The van der Waals surface area contributed by atoms with Crippen molar-refractivity contribution >= 4 is 34.8 Å². The van der Waals surface area contributed by atoms with Crippen molar-refractivity contribution in [1.82, 2.24) is 4.48 Å². The van der Waals surface area contributed by atoms with Gasteiger partial charge in [0.2, 0.25) is 5.49 Å². The molecule has 3 heterocycles. The number of pyridine rings is 1. The second-order valence-corrected chi connectivity index (χ2v) is 15.5. The van der Waals surface area contributed by atoms with E-state index in [9.17, 15) is 26.3 Å². The molecule has 3 aliphatic rings. The first-order valence-corrected chi connectivity index (χ1v) is 19.5. The van der Waals surface area contributed by atoms with Gasteiger partial charge in [-0.1, -0.05) is 121 Å². The Hall–Kier alpha value is -6.75. The molecule has 8 aromatic rings. The van der Waals surface area contributed by atoms with Crippen molar-refractivity contribution in [3.8, 4) is 33.4 Å².